The third-order valence-corrected chi connectivity index (χ3v) is 6.98. The summed E-state index contributed by atoms with van der Waals surface area (Å²) in [5, 5.41) is 10.5. The van der Waals surface area contributed by atoms with E-state index in [1.54, 1.807) is 4.90 Å². The summed E-state index contributed by atoms with van der Waals surface area (Å²) in [6.07, 6.45) is 0. The minimum Gasteiger partial charge on any atom is -0.548 e. The molecule has 0 saturated carbocycles. The van der Waals surface area contributed by atoms with E-state index in [0.29, 0.717) is 5.17 Å². The molecule has 2 atom stereocenters. The predicted molar refractivity (Wildman–Crippen MR) is 91.0 cm³/mol. The van der Waals surface area contributed by atoms with Crippen LogP contribution >= 0.6 is 11.8 Å². The van der Waals surface area contributed by atoms with Gasteiger partial charge in [-0.1, -0.05) is 30.0 Å². The highest BCUT2D eigenvalue weighted by atomic mass is 32.2. The second kappa shape index (κ2) is 7.14. The van der Waals surface area contributed by atoms with E-state index < -0.39 is 34.9 Å². The van der Waals surface area contributed by atoms with E-state index in [1.165, 1.54) is 11.8 Å². The van der Waals surface area contributed by atoms with E-state index in [0.717, 1.165) is 5.69 Å². The van der Waals surface area contributed by atoms with E-state index in [-0.39, 0.29) is 22.8 Å². The SMILES string of the molecule is O=C([O-])COCC(=O)N=C1S[C@H]2CS(=O)(=O)C[C@@H]2N1c1ccccc1. The maximum absolute atomic E-state index is 11.9. The zero-order valence-electron chi connectivity index (χ0n) is 13.0. The molecule has 0 aliphatic carbocycles. The normalized spacial score (nSPS) is 25.9. The number of anilines is 1. The number of ether oxygens (including phenoxy) is 1. The lowest BCUT2D eigenvalue weighted by Gasteiger charge is -2.24. The van der Waals surface area contributed by atoms with Gasteiger partial charge in [-0.3, -0.25) is 4.79 Å². The lowest BCUT2D eigenvalue weighted by molar-refractivity contribution is -0.309. The van der Waals surface area contributed by atoms with Gasteiger partial charge in [-0.05, 0) is 12.1 Å². The molecule has 10 heteroatoms. The van der Waals surface area contributed by atoms with Crippen LogP contribution in [0, 0.1) is 0 Å². The number of carbonyl (C=O) groups is 2. The number of nitrogens with zero attached hydrogens (tertiary/aromatic N) is 2. The van der Waals surface area contributed by atoms with Gasteiger partial charge in [-0.2, -0.15) is 4.99 Å². The van der Waals surface area contributed by atoms with Gasteiger partial charge in [0.15, 0.2) is 15.0 Å². The van der Waals surface area contributed by atoms with E-state index in [1.807, 2.05) is 30.3 Å². The summed E-state index contributed by atoms with van der Waals surface area (Å²) in [4.78, 5) is 28.0. The van der Waals surface area contributed by atoms with Gasteiger partial charge in [0.2, 0.25) is 0 Å². The Morgan fingerprint density at radius 3 is 2.64 bits per heavy atom. The molecule has 1 aromatic rings. The van der Waals surface area contributed by atoms with Crippen LogP contribution in [0.25, 0.3) is 0 Å². The fourth-order valence-electron chi connectivity index (χ4n) is 2.82. The number of carboxylic acid groups (broad SMARTS) is 1. The fourth-order valence-corrected chi connectivity index (χ4v) is 6.75. The molecule has 1 amide bonds. The first-order valence-electron chi connectivity index (χ1n) is 7.46. The second-order valence-electron chi connectivity index (χ2n) is 5.66. The Morgan fingerprint density at radius 1 is 1.24 bits per heavy atom. The molecule has 0 bridgehead atoms. The number of hydrogen-bond acceptors (Lipinski definition) is 7. The number of fused-ring (bicyclic) bond motifs is 1. The standard InChI is InChI=1S/C15H16N2O6S2/c18-13(6-23-7-14(19)20)16-15-17(10-4-2-1-3-5-10)11-8-25(21,22)9-12(11)24-15/h1-5,11-12H,6-9H2,(H,19,20)/p-1/t11-,12-/m0/s1. The Hall–Kier alpha value is -1.91. The molecular weight excluding hydrogens is 368 g/mol. The summed E-state index contributed by atoms with van der Waals surface area (Å²) in [5.41, 5.74) is 0.752. The van der Waals surface area contributed by atoms with Gasteiger partial charge in [0.25, 0.3) is 5.91 Å². The number of amidine groups is 1. The predicted octanol–water partition coefficient (Wildman–Crippen LogP) is -0.945. The Labute approximate surface area is 148 Å². The molecule has 0 unspecified atom stereocenters. The molecule has 0 spiro atoms. The molecule has 0 radical (unpaired) electrons. The van der Waals surface area contributed by atoms with Crippen molar-refractivity contribution >= 4 is 44.3 Å². The van der Waals surface area contributed by atoms with E-state index in [2.05, 4.69) is 4.99 Å². The van der Waals surface area contributed by atoms with Crippen LogP contribution in [-0.2, 0) is 24.2 Å². The highest BCUT2D eigenvalue weighted by Crippen LogP contribution is 2.40. The molecule has 2 heterocycles. The van der Waals surface area contributed by atoms with Crippen LogP contribution in [0.2, 0.25) is 0 Å². The van der Waals surface area contributed by atoms with Crippen molar-refractivity contribution in [3.63, 3.8) is 0 Å². The Balaban J connectivity index is 1.82. The maximum atomic E-state index is 11.9. The van der Waals surface area contributed by atoms with E-state index >= 15 is 0 Å². The molecule has 2 fully saturated rings. The number of aliphatic imine (C=N–C) groups is 1. The molecule has 134 valence electrons. The fraction of sp³-hybridized carbons (Fsp3) is 0.400. The molecule has 8 nitrogen and oxygen atoms in total. The Kier molecular flexibility index (Phi) is 5.11. The van der Waals surface area contributed by atoms with E-state index in [9.17, 15) is 23.1 Å². The first-order valence-corrected chi connectivity index (χ1v) is 10.2. The Morgan fingerprint density at radius 2 is 1.96 bits per heavy atom. The number of hydrogen-bond donors (Lipinski definition) is 0. The quantitative estimate of drug-likeness (QED) is 0.639. The van der Waals surface area contributed by atoms with Crippen LogP contribution in [0.15, 0.2) is 35.3 Å². The van der Waals surface area contributed by atoms with Crippen molar-refractivity contribution in [3.8, 4) is 0 Å². The lowest BCUT2D eigenvalue weighted by atomic mass is 10.2. The third kappa shape index (κ3) is 4.20. The highest BCUT2D eigenvalue weighted by molar-refractivity contribution is 8.16. The zero-order valence-corrected chi connectivity index (χ0v) is 14.7. The van der Waals surface area contributed by atoms with Crippen LogP contribution in [0.1, 0.15) is 0 Å². The van der Waals surface area contributed by atoms with Crippen molar-refractivity contribution in [2.45, 2.75) is 11.3 Å². The monoisotopic (exact) mass is 383 g/mol. The molecular formula is C15H15N2O6S2-. The van der Waals surface area contributed by atoms with Gasteiger partial charge >= 0.3 is 0 Å². The molecule has 1 aromatic carbocycles. The number of benzene rings is 1. The molecule has 25 heavy (non-hydrogen) atoms. The van der Waals surface area contributed by atoms with Gasteiger partial charge < -0.3 is 19.5 Å². The van der Waals surface area contributed by atoms with Gasteiger partial charge in [0.05, 0.1) is 30.1 Å². The minimum atomic E-state index is -3.12. The van der Waals surface area contributed by atoms with Crippen molar-refractivity contribution in [2.24, 2.45) is 4.99 Å². The molecule has 2 aliphatic heterocycles. The van der Waals surface area contributed by atoms with Crippen LogP contribution in [-0.4, -0.2) is 61.5 Å². The van der Waals surface area contributed by atoms with Crippen molar-refractivity contribution in [1.29, 1.82) is 0 Å². The summed E-state index contributed by atoms with van der Waals surface area (Å²) in [6, 6.07) is 8.83. The van der Waals surface area contributed by atoms with E-state index in [4.69, 9.17) is 4.74 Å². The summed E-state index contributed by atoms with van der Waals surface area (Å²) in [7, 11) is -3.12. The number of aliphatic carboxylic acids is 1. The lowest BCUT2D eigenvalue weighted by Crippen LogP contribution is -2.37. The van der Waals surface area contributed by atoms with Gasteiger partial charge in [-0.15, -0.1) is 0 Å². The van der Waals surface area contributed by atoms with Crippen molar-refractivity contribution in [2.75, 3.05) is 29.6 Å². The molecule has 2 aliphatic rings. The van der Waals surface area contributed by atoms with Gasteiger partial charge in [-0.25, -0.2) is 8.42 Å². The highest BCUT2D eigenvalue weighted by Gasteiger charge is 2.49. The zero-order chi connectivity index (χ0) is 18.0. The molecule has 0 N–H and O–H groups in total. The molecule has 3 rings (SSSR count). The number of thioether (sulfide) groups is 1. The average molecular weight is 383 g/mol. The van der Waals surface area contributed by atoms with Crippen LogP contribution in [0.5, 0.6) is 0 Å². The minimum absolute atomic E-state index is 0.00789. The topological polar surface area (TPSA) is 116 Å². The number of amides is 1. The average Bonchev–Trinajstić information content (AvgIpc) is 2.98. The largest absolute Gasteiger partial charge is 0.548 e. The molecule has 2 saturated heterocycles. The smallest absolute Gasteiger partial charge is 0.274 e. The number of rotatable bonds is 5. The van der Waals surface area contributed by atoms with Gasteiger partial charge in [0.1, 0.15) is 6.61 Å². The number of sulfone groups is 1. The molecule has 0 aromatic heterocycles. The van der Waals surface area contributed by atoms with Crippen molar-refractivity contribution in [3.05, 3.63) is 30.3 Å². The van der Waals surface area contributed by atoms with Crippen LogP contribution < -0.4 is 10.0 Å². The van der Waals surface area contributed by atoms with Gasteiger partial charge in [0, 0.05) is 10.9 Å². The van der Waals surface area contributed by atoms with Crippen LogP contribution in [0.3, 0.4) is 0 Å². The Bertz CT molecular complexity index is 809. The first kappa shape index (κ1) is 17.9. The van der Waals surface area contributed by atoms with Crippen LogP contribution in [0.4, 0.5) is 5.69 Å². The number of para-hydroxylation sites is 1. The number of carboxylic acids is 1. The van der Waals surface area contributed by atoms with Crippen molar-refractivity contribution < 1.29 is 27.9 Å². The summed E-state index contributed by atoms with van der Waals surface area (Å²) >= 11 is 1.25. The maximum Gasteiger partial charge on any atom is 0.274 e. The summed E-state index contributed by atoms with van der Waals surface area (Å²) in [5.74, 6) is -2.00. The first-order chi connectivity index (χ1) is 11.9. The third-order valence-electron chi connectivity index (χ3n) is 3.77. The summed E-state index contributed by atoms with van der Waals surface area (Å²) in [6.45, 7) is -1.16. The second-order valence-corrected chi connectivity index (χ2v) is 9.02. The number of carbonyl (C=O) groups excluding carboxylic acids is 2. The summed E-state index contributed by atoms with van der Waals surface area (Å²) < 4.78 is 28.5. The van der Waals surface area contributed by atoms with Crippen molar-refractivity contribution in [1.82, 2.24) is 0 Å².